The minimum Gasteiger partial charge on any atom is -0.240 e. The Labute approximate surface area is 61.8 Å². The van der Waals surface area contributed by atoms with E-state index >= 15 is 0 Å². The normalized spacial score (nSPS) is 10.5. The van der Waals surface area contributed by atoms with Crippen molar-refractivity contribution >= 4 is 21.7 Å². The van der Waals surface area contributed by atoms with Crippen LogP contribution < -0.4 is 0 Å². The number of thiazole rings is 1. The van der Waals surface area contributed by atoms with E-state index in [2.05, 4.69) is 20.5 Å². The summed E-state index contributed by atoms with van der Waals surface area (Å²) >= 11 is 1.43. The smallest absolute Gasteiger partial charge is 0.174 e. The van der Waals surface area contributed by atoms with Crippen molar-refractivity contribution in [3.63, 3.8) is 0 Å². The molecule has 2 rings (SSSR count). The van der Waals surface area contributed by atoms with Gasteiger partial charge in [0, 0.05) is 0 Å². The summed E-state index contributed by atoms with van der Waals surface area (Å²) in [4.78, 5) is 12.0. The van der Waals surface area contributed by atoms with Gasteiger partial charge in [-0.05, 0) is 6.92 Å². The van der Waals surface area contributed by atoms with Gasteiger partial charge in [-0.3, -0.25) is 0 Å². The van der Waals surface area contributed by atoms with Gasteiger partial charge in [0.15, 0.2) is 11.2 Å². The van der Waals surface area contributed by atoms with Crippen molar-refractivity contribution < 1.29 is 0 Å². The van der Waals surface area contributed by atoms with Crippen LogP contribution >= 0.6 is 11.3 Å². The van der Waals surface area contributed by atoms with Gasteiger partial charge in [-0.1, -0.05) is 0 Å². The van der Waals surface area contributed by atoms with Crippen molar-refractivity contribution in [3.8, 4) is 0 Å². The molecule has 0 spiro atoms. The lowest BCUT2D eigenvalue weighted by Gasteiger charge is -1.87. The average molecular weight is 150 g/mol. The van der Waals surface area contributed by atoms with E-state index in [0.717, 1.165) is 16.2 Å². The maximum atomic E-state index is 4.09. The molecule has 0 amide bonds. The number of aromatic nitrogens is 3. The third-order valence-electron chi connectivity index (χ3n) is 1.16. The van der Waals surface area contributed by atoms with Gasteiger partial charge in [0.25, 0.3) is 0 Å². The predicted molar refractivity (Wildman–Crippen MR) is 38.8 cm³/mol. The highest BCUT2D eigenvalue weighted by Crippen LogP contribution is 2.12. The lowest BCUT2D eigenvalue weighted by atomic mass is 10.6. The Bertz CT molecular complexity index is 355. The molecule has 0 N–H and O–H groups in total. The van der Waals surface area contributed by atoms with Crippen LogP contribution in [0.4, 0.5) is 0 Å². The van der Waals surface area contributed by atoms with E-state index in [1.807, 2.05) is 6.92 Å². The van der Waals surface area contributed by atoms with Gasteiger partial charge in [-0.15, -0.1) is 11.3 Å². The Hall–Kier alpha value is -1.03. The van der Waals surface area contributed by atoms with Crippen LogP contribution in [0, 0.1) is 12.4 Å². The van der Waals surface area contributed by atoms with Gasteiger partial charge in [-0.25, -0.2) is 15.0 Å². The van der Waals surface area contributed by atoms with Crippen LogP contribution in [-0.4, -0.2) is 15.0 Å². The SMILES string of the molecule is Cc1ncc2s[c]nc2n1. The Morgan fingerprint density at radius 2 is 2.50 bits per heavy atom. The molecule has 0 aliphatic heterocycles. The molecule has 0 saturated heterocycles. The third-order valence-corrected chi connectivity index (χ3v) is 1.85. The molecule has 10 heavy (non-hydrogen) atoms. The third kappa shape index (κ3) is 0.769. The van der Waals surface area contributed by atoms with E-state index in [1.54, 1.807) is 6.20 Å². The molecule has 0 aromatic carbocycles. The zero-order chi connectivity index (χ0) is 6.97. The van der Waals surface area contributed by atoms with Crippen LogP contribution in [0.5, 0.6) is 0 Å². The molecule has 0 saturated carbocycles. The fraction of sp³-hybridized carbons (Fsp3) is 0.167. The van der Waals surface area contributed by atoms with Crippen molar-refractivity contribution in [1.29, 1.82) is 0 Å². The summed E-state index contributed by atoms with van der Waals surface area (Å²) in [5.74, 6) is 0.756. The largest absolute Gasteiger partial charge is 0.240 e. The second kappa shape index (κ2) is 1.98. The van der Waals surface area contributed by atoms with Gasteiger partial charge in [0.2, 0.25) is 0 Å². The first-order valence-electron chi connectivity index (χ1n) is 2.82. The van der Waals surface area contributed by atoms with Gasteiger partial charge < -0.3 is 0 Å². The first-order valence-corrected chi connectivity index (χ1v) is 3.64. The summed E-state index contributed by atoms with van der Waals surface area (Å²) < 4.78 is 0.991. The highest BCUT2D eigenvalue weighted by molar-refractivity contribution is 7.16. The summed E-state index contributed by atoms with van der Waals surface area (Å²) in [5.41, 5.74) is 3.50. The van der Waals surface area contributed by atoms with Gasteiger partial charge >= 0.3 is 0 Å². The van der Waals surface area contributed by atoms with E-state index in [4.69, 9.17) is 0 Å². The highest BCUT2D eigenvalue weighted by Gasteiger charge is 1.96. The lowest BCUT2D eigenvalue weighted by Crippen LogP contribution is -1.84. The molecule has 2 heterocycles. The van der Waals surface area contributed by atoms with Crippen molar-refractivity contribution in [3.05, 3.63) is 17.5 Å². The predicted octanol–water partition coefficient (Wildman–Crippen LogP) is 1.19. The van der Waals surface area contributed by atoms with Crippen molar-refractivity contribution in [2.24, 2.45) is 0 Å². The minimum atomic E-state index is 0.748. The van der Waals surface area contributed by atoms with E-state index in [9.17, 15) is 0 Å². The molecule has 49 valence electrons. The van der Waals surface area contributed by atoms with E-state index in [1.165, 1.54) is 11.3 Å². The topological polar surface area (TPSA) is 38.7 Å². The summed E-state index contributed by atoms with van der Waals surface area (Å²) in [7, 11) is 0. The van der Waals surface area contributed by atoms with Crippen molar-refractivity contribution in [2.45, 2.75) is 6.92 Å². The average Bonchev–Trinajstić information content (AvgIpc) is 2.33. The number of aryl methyl sites for hydroxylation is 1. The summed E-state index contributed by atoms with van der Waals surface area (Å²) in [6, 6.07) is 0. The van der Waals surface area contributed by atoms with Gasteiger partial charge in [0.05, 0.1) is 10.9 Å². The fourth-order valence-corrected chi connectivity index (χ4v) is 1.23. The molecule has 0 aliphatic carbocycles. The lowest BCUT2D eigenvalue weighted by molar-refractivity contribution is 1.08. The molecule has 0 fully saturated rings. The first-order chi connectivity index (χ1) is 4.86. The standard InChI is InChI=1S/C6H4N3S/c1-4-7-2-5-6(9-4)8-3-10-5/h2H,1H3. The zero-order valence-electron chi connectivity index (χ0n) is 5.33. The maximum Gasteiger partial charge on any atom is 0.174 e. The molecule has 1 radical (unpaired) electrons. The Kier molecular flexibility index (Phi) is 1.14. The molecular weight excluding hydrogens is 146 g/mol. The van der Waals surface area contributed by atoms with E-state index in [-0.39, 0.29) is 0 Å². The van der Waals surface area contributed by atoms with Crippen LogP contribution in [0.1, 0.15) is 5.82 Å². The van der Waals surface area contributed by atoms with Gasteiger partial charge in [0.1, 0.15) is 5.82 Å². The molecule has 0 aliphatic rings. The van der Waals surface area contributed by atoms with Crippen molar-refractivity contribution in [1.82, 2.24) is 15.0 Å². The van der Waals surface area contributed by atoms with Crippen LogP contribution in [0.15, 0.2) is 6.20 Å². The number of rotatable bonds is 0. The molecule has 0 atom stereocenters. The Balaban J connectivity index is 2.86. The summed E-state index contributed by atoms with van der Waals surface area (Å²) in [6.07, 6.45) is 1.77. The van der Waals surface area contributed by atoms with E-state index < -0.39 is 0 Å². The monoisotopic (exact) mass is 150 g/mol. The quantitative estimate of drug-likeness (QED) is 0.566. The Morgan fingerprint density at radius 3 is 3.40 bits per heavy atom. The second-order valence-corrected chi connectivity index (χ2v) is 2.74. The summed E-state index contributed by atoms with van der Waals surface area (Å²) in [6.45, 7) is 1.85. The Morgan fingerprint density at radius 1 is 1.60 bits per heavy atom. The maximum absolute atomic E-state index is 4.09. The molecule has 0 unspecified atom stereocenters. The van der Waals surface area contributed by atoms with Gasteiger partial charge in [-0.2, -0.15) is 0 Å². The van der Waals surface area contributed by atoms with Crippen LogP contribution in [-0.2, 0) is 0 Å². The molecule has 4 heteroatoms. The number of hydrogen-bond acceptors (Lipinski definition) is 4. The number of nitrogens with zero attached hydrogens (tertiary/aromatic N) is 3. The molecule has 2 aromatic heterocycles. The highest BCUT2D eigenvalue weighted by atomic mass is 32.1. The fourth-order valence-electron chi connectivity index (χ4n) is 0.714. The number of hydrogen-bond donors (Lipinski definition) is 0. The zero-order valence-corrected chi connectivity index (χ0v) is 6.14. The second-order valence-electron chi connectivity index (χ2n) is 1.91. The molecule has 3 nitrogen and oxygen atoms in total. The molecule has 2 aromatic rings. The van der Waals surface area contributed by atoms with Crippen molar-refractivity contribution in [2.75, 3.05) is 0 Å². The van der Waals surface area contributed by atoms with Crippen LogP contribution in [0.25, 0.3) is 10.3 Å². The van der Waals surface area contributed by atoms with Crippen LogP contribution in [0.3, 0.4) is 0 Å². The summed E-state index contributed by atoms with van der Waals surface area (Å²) in [5, 5.41) is 0. The van der Waals surface area contributed by atoms with E-state index in [0.29, 0.717) is 0 Å². The number of fused-ring (bicyclic) bond motifs is 1. The molecule has 0 bridgehead atoms. The molecular formula is C6H4N3S. The van der Waals surface area contributed by atoms with Crippen LogP contribution in [0.2, 0.25) is 0 Å². The minimum absolute atomic E-state index is 0.748. The first kappa shape index (κ1) is 5.73.